The smallest absolute Gasteiger partial charge is 0.339 e. The summed E-state index contributed by atoms with van der Waals surface area (Å²) < 4.78 is 11.4. The van der Waals surface area contributed by atoms with Gasteiger partial charge in [0, 0.05) is 5.92 Å². The minimum atomic E-state index is -2.21. The van der Waals surface area contributed by atoms with E-state index >= 15 is 0 Å². The highest BCUT2D eigenvalue weighted by molar-refractivity contribution is 7.94. The van der Waals surface area contributed by atoms with Crippen LogP contribution >= 0.6 is 12.0 Å². The molecule has 226 valence electrons. The Hall–Kier alpha value is -4.69. The number of rotatable bonds is 12. The van der Waals surface area contributed by atoms with E-state index in [1.165, 1.54) is 7.11 Å². The van der Waals surface area contributed by atoms with Gasteiger partial charge in [-0.2, -0.15) is 0 Å². The van der Waals surface area contributed by atoms with Crippen LogP contribution in [-0.2, 0) is 24.0 Å². The fraction of sp³-hybridized carbons (Fsp3) is 0.158. The van der Waals surface area contributed by atoms with Crippen molar-refractivity contribution in [1.29, 1.82) is 0 Å². The third kappa shape index (κ3) is 5.55. The molecule has 1 atom stereocenters. The van der Waals surface area contributed by atoms with Gasteiger partial charge in [0.2, 0.25) is 5.54 Å². The van der Waals surface area contributed by atoms with Crippen LogP contribution in [0.5, 0.6) is 0 Å². The van der Waals surface area contributed by atoms with Crippen LogP contribution in [-0.4, -0.2) is 42.1 Å². The first-order valence-electron chi connectivity index (χ1n) is 14.7. The minimum absolute atomic E-state index is 0.0176. The Labute approximate surface area is 267 Å². The Morgan fingerprint density at radius 2 is 1.11 bits per heavy atom. The first kappa shape index (κ1) is 30.3. The predicted molar refractivity (Wildman–Crippen MR) is 177 cm³/mol. The zero-order chi connectivity index (χ0) is 31.3. The summed E-state index contributed by atoms with van der Waals surface area (Å²) in [5.41, 5.74) is 3.09. The van der Waals surface area contributed by atoms with Gasteiger partial charge in [-0.05, 0) is 51.0 Å². The van der Waals surface area contributed by atoms with Crippen molar-refractivity contribution in [2.45, 2.75) is 17.0 Å². The molecule has 0 aliphatic heterocycles. The Bertz CT molecular complexity index is 1640. The normalized spacial score (nSPS) is 13.8. The standard InChI is InChI=1S/C38H33NO5S/c1-43-45-26-37(35(40)41,36(42)44-25-34-32-23-13-11-21-30(32)31-22-12-14-24-33(31)34)39-38(27-15-5-2-6-16-27,28-17-7-3-8-18-28)29-19-9-4-10-20-29/h2-24,34,39H,25-26H2,1H3,(H,40,41)/t37-/m0/s1. The maximum absolute atomic E-state index is 14.4. The van der Waals surface area contributed by atoms with Gasteiger partial charge in [0.05, 0.1) is 18.4 Å². The van der Waals surface area contributed by atoms with E-state index in [0.29, 0.717) is 0 Å². The molecule has 7 heteroatoms. The highest BCUT2D eigenvalue weighted by atomic mass is 32.2. The second-order valence-electron chi connectivity index (χ2n) is 10.9. The third-order valence-electron chi connectivity index (χ3n) is 8.47. The van der Waals surface area contributed by atoms with Crippen molar-refractivity contribution in [2.24, 2.45) is 0 Å². The van der Waals surface area contributed by atoms with Gasteiger partial charge >= 0.3 is 11.9 Å². The van der Waals surface area contributed by atoms with E-state index in [1.54, 1.807) is 0 Å². The first-order valence-corrected chi connectivity index (χ1v) is 15.6. The lowest BCUT2D eigenvalue weighted by molar-refractivity contribution is -0.163. The summed E-state index contributed by atoms with van der Waals surface area (Å²) in [5, 5.41) is 14.4. The summed E-state index contributed by atoms with van der Waals surface area (Å²) in [6.45, 7) is -0.0176. The second kappa shape index (κ2) is 13.1. The van der Waals surface area contributed by atoms with Crippen LogP contribution in [0.2, 0.25) is 0 Å². The largest absolute Gasteiger partial charge is 0.479 e. The fourth-order valence-electron chi connectivity index (χ4n) is 6.32. The number of carboxylic acid groups (broad SMARTS) is 1. The Morgan fingerprint density at radius 3 is 1.53 bits per heavy atom. The van der Waals surface area contributed by atoms with Crippen molar-refractivity contribution in [3.8, 4) is 11.1 Å². The number of carboxylic acids is 1. The summed E-state index contributed by atoms with van der Waals surface area (Å²) in [6, 6.07) is 44.8. The number of carbonyl (C=O) groups excluding carboxylic acids is 1. The molecule has 0 saturated carbocycles. The maximum atomic E-state index is 14.4. The molecule has 6 nitrogen and oxygen atoms in total. The van der Waals surface area contributed by atoms with Crippen molar-refractivity contribution < 1.29 is 23.6 Å². The van der Waals surface area contributed by atoms with Gasteiger partial charge in [-0.3, -0.25) is 5.32 Å². The molecule has 0 saturated heterocycles. The molecule has 0 aromatic heterocycles. The average Bonchev–Trinajstić information content (AvgIpc) is 3.42. The van der Waals surface area contributed by atoms with Crippen LogP contribution in [0.1, 0.15) is 33.7 Å². The first-order chi connectivity index (χ1) is 22.0. The molecule has 0 amide bonds. The molecule has 5 aromatic carbocycles. The molecule has 5 aromatic rings. The zero-order valence-corrected chi connectivity index (χ0v) is 25.6. The lowest BCUT2D eigenvalue weighted by Gasteiger charge is -2.43. The van der Waals surface area contributed by atoms with Gasteiger partial charge in [-0.25, -0.2) is 9.59 Å². The number of nitrogens with one attached hydrogen (secondary N) is 1. The van der Waals surface area contributed by atoms with Gasteiger partial charge in [0.1, 0.15) is 6.61 Å². The summed E-state index contributed by atoms with van der Waals surface area (Å²) in [6.07, 6.45) is 0. The topological polar surface area (TPSA) is 84.9 Å². The molecule has 1 aliphatic carbocycles. The van der Waals surface area contributed by atoms with E-state index in [2.05, 4.69) is 17.4 Å². The molecule has 1 aliphatic rings. The van der Waals surface area contributed by atoms with Gasteiger partial charge in [0.25, 0.3) is 0 Å². The predicted octanol–water partition coefficient (Wildman–Crippen LogP) is 7.04. The van der Waals surface area contributed by atoms with Gasteiger partial charge < -0.3 is 14.0 Å². The van der Waals surface area contributed by atoms with E-state index in [4.69, 9.17) is 8.92 Å². The summed E-state index contributed by atoms with van der Waals surface area (Å²) in [7, 11) is 1.45. The van der Waals surface area contributed by atoms with Crippen LogP contribution in [0.15, 0.2) is 140 Å². The summed E-state index contributed by atoms with van der Waals surface area (Å²) in [4.78, 5) is 27.9. The number of hydrogen-bond donors (Lipinski definition) is 2. The second-order valence-corrected chi connectivity index (χ2v) is 11.8. The van der Waals surface area contributed by atoms with Gasteiger partial charge in [-0.15, -0.1) is 0 Å². The lowest BCUT2D eigenvalue weighted by atomic mass is 9.75. The Kier molecular flexibility index (Phi) is 8.85. The number of benzene rings is 5. The Morgan fingerprint density at radius 1 is 0.689 bits per heavy atom. The molecule has 6 rings (SSSR count). The number of ether oxygens (including phenoxy) is 1. The number of aliphatic carboxylic acids is 1. The SMILES string of the molecule is COSC[C@](NC(c1ccccc1)(c1ccccc1)c1ccccc1)(C(=O)O)C(=O)OCC1c2ccccc2-c2ccccc21. The van der Waals surface area contributed by atoms with E-state index in [0.717, 1.165) is 51.0 Å². The number of esters is 1. The van der Waals surface area contributed by atoms with Crippen molar-refractivity contribution in [2.75, 3.05) is 19.5 Å². The Balaban J connectivity index is 1.46. The monoisotopic (exact) mass is 615 g/mol. The molecule has 0 unspecified atom stereocenters. The molecule has 0 radical (unpaired) electrons. The van der Waals surface area contributed by atoms with Crippen LogP contribution in [0.3, 0.4) is 0 Å². The third-order valence-corrected chi connectivity index (χ3v) is 9.26. The summed E-state index contributed by atoms with van der Waals surface area (Å²) in [5.74, 6) is -2.74. The van der Waals surface area contributed by atoms with Gasteiger partial charge in [-0.1, -0.05) is 140 Å². The molecule has 0 fully saturated rings. The molecule has 0 spiro atoms. The minimum Gasteiger partial charge on any atom is -0.479 e. The van der Waals surface area contributed by atoms with Crippen molar-refractivity contribution >= 4 is 24.0 Å². The van der Waals surface area contributed by atoms with E-state index in [9.17, 15) is 14.7 Å². The van der Waals surface area contributed by atoms with Crippen LogP contribution in [0, 0.1) is 0 Å². The van der Waals surface area contributed by atoms with Gasteiger partial charge in [0.15, 0.2) is 0 Å². The van der Waals surface area contributed by atoms with E-state index in [1.807, 2.05) is 127 Å². The highest BCUT2D eigenvalue weighted by Gasteiger charge is 2.55. The lowest BCUT2D eigenvalue weighted by Crippen LogP contribution is -2.67. The molecular weight excluding hydrogens is 582 g/mol. The quantitative estimate of drug-likeness (QED) is 0.0674. The molecule has 0 heterocycles. The van der Waals surface area contributed by atoms with Crippen LogP contribution in [0.25, 0.3) is 11.1 Å². The molecule has 0 bridgehead atoms. The van der Waals surface area contributed by atoms with Crippen LogP contribution < -0.4 is 5.32 Å². The number of carbonyl (C=O) groups is 2. The maximum Gasteiger partial charge on any atom is 0.339 e. The van der Waals surface area contributed by atoms with Crippen molar-refractivity contribution in [1.82, 2.24) is 5.32 Å². The number of fused-ring (bicyclic) bond motifs is 3. The fourth-order valence-corrected chi connectivity index (χ4v) is 6.93. The van der Waals surface area contributed by atoms with E-state index < -0.39 is 23.0 Å². The van der Waals surface area contributed by atoms with Crippen molar-refractivity contribution in [3.05, 3.63) is 167 Å². The zero-order valence-electron chi connectivity index (χ0n) is 24.8. The average molecular weight is 616 g/mol. The number of hydrogen-bond acceptors (Lipinski definition) is 6. The molecule has 2 N–H and O–H groups in total. The highest BCUT2D eigenvalue weighted by Crippen LogP contribution is 2.45. The summed E-state index contributed by atoms with van der Waals surface area (Å²) >= 11 is 0.889. The molecule has 45 heavy (non-hydrogen) atoms. The molecular formula is C38H33NO5S. The van der Waals surface area contributed by atoms with Crippen molar-refractivity contribution in [3.63, 3.8) is 0 Å². The van der Waals surface area contributed by atoms with Crippen LogP contribution in [0.4, 0.5) is 0 Å². The van der Waals surface area contributed by atoms with E-state index in [-0.39, 0.29) is 18.3 Å².